The second-order valence-electron chi connectivity index (χ2n) is 12.4. The molecule has 0 radical (unpaired) electrons. The van der Waals surface area contributed by atoms with Gasteiger partial charge in [0.25, 0.3) is 10.9 Å². The lowest BCUT2D eigenvalue weighted by Crippen LogP contribution is -2.36. The van der Waals surface area contributed by atoms with Crippen LogP contribution in [0.4, 0.5) is 0 Å². The van der Waals surface area contributed by atoms with Crippen LogP contribution < -0.4 is 4.74 Å². The molecule has 13 heteroatoms. The van der Waals surface area contributed by atoms with Crippen molar-refractivity contribution in [3.63, 3.8) is 0 Å². The molecule has 4 atom stereocenters. The molecule has 1 aromatic heterocycles. The summed E-state index contributed by atoms with van der Waals surface area (Å²) in [5.41, 5.74) is 2.24. The highest BCUT2D eigenvalue weighted by molar-refractivity contribution is 7.91. The first-order chi connectivity index (χ1) is 22.5. The minimum atomic E-state index is -3.99. The Morgan fingerprint density at radius 2 is 1.85 bits per heavy atom. The third kappa shape index (κ3) is 9.55. The first kappa shape index (κ1) is 36.4. The van der Waals surface area contributed by atoms with E-state index in [1.807, 2.05) is 6.08 Å². The summed E-state index contributed by atoms with van der Waals surface area (Å²) in [5.74, 6) is -0.0884. The molecular weight excluding hydrogens is 646 g/mol. The molecule has 47 heavy (non-hydrogen) atoms. The van der Waals surface area contributed by atoms with E-state index in [1.165, 1.54) is 17.7 Å². The number of esters is 2. The van der Waals surface area contributed by atoms with E-state index in [-0.39, 0.29) is 66.7 Å². The van der Waals surface area contributed by atoms with Gasteiger partial charge in [-0.3, -0.25) is 14.5 Å². The number of sulfone groups is 1. The van der Waals surface area contributed by atoms with E-state index < -0.39 is 20.8 Å². The topological polar surface area (TPSA) is 138 Å². The van der Waals surface area contributed by atoms with E-state index in [9.17, 15) is 18.0 Å². The van der Waals surface area contributed by atoms with Crippen LogP contribution in [0.1, 0.15) is 51.9 Å². The molecule has 0 unspecified atom stereocenters. The molecule has 1 aromatic carbocycles. The van der Waals surface area contributed by atoms with Crippen LogP contribution in [-0.4, -0.2) is 80.4 Å². The van der Waals surface area contributed by atoms with Crippen molar-refractivity contribution < 1.29 is 36.8 Å². The fourth-order valence-electron chi connectivity index (χ4n) is 6.25. The summed E-state index contributed by atoms with van der Waals surface area (Å²) in [6, 6.07) is 7.68. The van der Waals surface area contributed by atoms with E-state index in [0.717, 1.165) is 44.3 Å². The standard InChI is InChI=1S/C34H44ClN3O8S/c1-5-34(4)16-14-26(20-29(34)24(2)21-35)25(3)22-38-17-15-27(23-38)45-31(40)13-9-12-30(39)43-18-19-44-32-33(37-46-36-32)47(41,42)28-10-7-6-8-11-28/h5-8,10-11,26-27,29H,1-3,9,12-23H2,4H3/t26-,27+,29+,34-/m1/s1. The predicted octanol–water partition coefficient (Wildman–Crippen LogP) is 5.57. The number of ether oxygens (including phenoxy) is 3. The summed E-state index contributed by atoms with van der Waals surface area (Å²) in [7, 11) is -3.99. The smallest absolute Gasteiger partial charge is 0.306 e. The number of alkyl halides is 1. The minimum absolute atomic E-state index is 0.00225. The number of nitrogens with zero attached hydrogens (tertiary/aromatic N) is 3. The van der Waals surface area contributed by atoms with Crippen molar-refractivity contribution in [3.8, 4) is 5.88 Å². The van der Waals surface area contributed by atoms with Crippen LogP contribution in [0.25, 0.3) is 0 Å². The minimum Gasteiger partial charge on any atom is -0.470 e. The molecule has 256 valence electrons. The maximum absolute atomic E-state index is 12.7. The van der Waals surface area contributed by atoms with Crippen LogP contribution >= 0.6 is 11.6 Å². The van der Waals surface area contributed by atoms with Gasteiger partial charge in [0.05, 0.1) is 4.90 Å². The first-order valence-electron chi connectivity index (χ1n) is 15.8. The van der Waals surface area contributed by atoms with Gasteiger partial charge in [0, 0.05) is 38.4 Å². The Hall–Kier alpha value is -3.48. The Kier molecular flexibility index (Phi) is 12.8. The summed E-state index contributed by atoms with van der Waals surface area (Å²) in [5, 5.41) is 6.49. The van der Waals surface area contributed by atoms with Crippen molar-refractivity contribution in [2.45, 2.75) is 67.9 Å². The highest BCUT2D eigenvalue weighted by atomic mass is 35.5. The molecule has 0 amide bonds. The molecule has 11 nitrogen and oxygen atoms in total. The lowest BCUT2D eigenvalue weighted by atomic mass is 9.61. The van der Waals surface area contributed by atoms with Gasteiger partial charge in [-0.05, 0) is 71.8 Å². The number of likely N-dealkylation sites (tertiary alicyclic amines) is 1. The average molecular weight is 690 g/mol. The second kappa shape index (κ2) is 16.6. The van der Waals surface area contributed by atoms with Gasteiger partial charge in [-0.15, -0.1) is 18.2 Å². The Morgan fingerprint density at radius 3 is 2.57 bits per heavy atom. The lowest BCUT2D eigenvalue weighted by Gasteiger charge is -2.44. The summed E-state index contributed by atoms with van der Waals surface area (Å²) in [6.45, 7) is 16.9. The van der Waals surface area contributed by atoms with Crippen molar-refractivity contribution in [2.75, 3.05) is 38.7 Å². The van der Waals surface area contributed by atoms with Crippen molar-refractivity contribution in [1.82, 2.24) is 15.2 Å². The molecule has 0 spiro atoms. The molecular formula is C34H44ClN3O8S. The third-order valence-electron chi connectivity index (χ3n) is 9.10. The molecule has 0 bridgehead atoms. The zero-order valence-electron chi connectivity index (χ0n) is 26.9. The number of benzene rings is 1. The number of carbonyl (C=O) groups excluding carboxylic acids is 2. The summed E-state index contributed by atoms with van der Waals surface area (Å²) in [4.78, 5) is 26.9. The van der Waals surface area contributed by atoms with Crippen LogP contribution in [-0.2, 0) is 28.9 Å². The van der Waals surface area contributed by atoms with Gasteiger partial charge in [0.1, 0.15) is 19.3 Å². The van der Waals surface area contributed by atoms with E-state index in [2.05, 4.69) is 46.5 Å². The first-order valence-corrected chi connectivity index (χ1v) is 17.9. The number of aromatic nitrogens is 2. The number of carbonyl (C=O) groups is 2. The Labute approximate surface area is 281 Å². The highest BCUT2D eigenvalue weighted by Crippen LogP contribution is 2.49. The fraction of sp³-hybridized carbons (Fsp3) is 0.529. The van der Waals surface area contributed by atoms with Crippen molar-refractivity contribution in [3.05, 3.63) is 67.3 Å². The van der Waals surface area contributed by atoms with Gasteiger partial charge in [0.15, 0.2) is 0 Å². The van der Waals surface area contributed by atoms with Gasteiger partial charge in [0.2, 0.25) is 9.84 Å². The zero-order valence-corrected chi connectivity index (χ0v) is 28.5. The van der Waals surface area contributed by atoms with Crippen molar-refractivity contribution in [2.24, 2.45) is 17.3 Å². The van der Waals surface area contributed by atoms with Gasteiger partial charge in [-0.25, -0.2) is 13.0 Å². The van der Waals surface area contributed by atoms with Crippen LogP contribution in [0.3, 0.4) is 0 Å². The molecule has 1 saturated heterocycles. The molecule has 2 fully saturated rings. The second-order valence-corrected chi connectivity index (χ2v) is 14.6. The Balaban J connectivity index is 1.10. The monoisotopic (exact) mass is 689 g/mol. The normalized spacial score (nSPS) is 23.1. The largest absolute Gasteiger partial charge is 0.470 e. The fourth-order valence-corrected chi connectivity index (χ4v) is 7.63. The number of allylic oxidation sites excluding steroid dienone is 2. The Bertz CT molecular complexity index is 1530. The molecule has 2 heterocycles. The lowest BCUT2D eigenvalue weighted by molar-refractivity contribution is -0.149. The summed E-state index contributed by atoms with van der Waals surface area (Å²) < 4.78 is 46.2. The van der Waals surface area contributed by atoms with Crippen LogP contribution in [0, 0.1) is 17.3 Å². The molecule has 4 rings (SSSR count). The predicted molar refractivity (Wildman–Crippen MR) is 176 cm³/mol. The van der Waals surface area contributed by atoms with Gasteiger partial charge < -0.3 is 14.2 Å². The van der Waals surface area contributed by atoms with Crippen LogP contribution in [0.5, 0.6) is 5.88 Å². The summed E-state index contributed by atoms with van der Waals surface area (Å²) in [6.07, 6.45) is 6.03. The number of rotatable bonds is 17. The van der Waals surface area contributed by atoms with E-state index in [1.54, 1.807) is 18.2 Å². The third-order valence-corrected chi connectivity index (χ3v) is 11.1. The molecule has 0 N–H and O–H groups in total. The van der Waals surface area contributed by atoms with Crippen LogP contribution in [0.2, 0.25) is 0 Å². The van der Waals surface area contributed by atoms with Crippen molar-refractivity contribution >= 4 is 33.4 Å². The molecule has 1 aliphatic carbocycles. The Morgan fingerprint density at radius 1 is 1.11 bits per heavy atom. The summed E-state index contributed by atoms with van der Waals surface area (Å²) >= 11 is 6.16. The van der Waals surface area contributed by atoms with E-state index in [4.69, 9.17) is 25.8 Å². The van der Waals surface area contributed by atoms with E-state index in [0.29, 0.717) is 18.3 Å². The van der Waals surface area contributed by atoms with Crippen LogP contribution in [0.15, 0.2) is 81.8 Å². The number of hydrogen-bond donors (Lipinski definition) is 0. The van der Waals surface area contributed by atoms with Gasteiger partial charge in [-0.2, -0.15) is 0 Å². The molecule has 2 aromatic rings. The average Bonchev–Trinajstić information content (AvgIpc) is 3.73. The maximum Gasteiger partial charge on any atom is 0.306 e. The highest BCUT2D eigenvalue weighted by Gasteiger charge is 2.40. The molecule has 2 aliphatic rings. The van der Waals surface area contributed by atoms with E-state index >= 15 is 0 Å². The van der Waals surface area contributed by atoms with Crippen molar-refractivity contribution in [1.29, 1.82) is 0 Å². The zero-order chi connectivity index (χ0) is 34.0. The SMILES string of the molecule is C=C[C@]1(C)CC[C@@H](C(=C)CN2CC[C@H](OC(=O)CCCC(=O)OCCOc3nonc3S(=O)(=O)c3ccccc3)C2)C[C@H]1C(=C)CCl. The number of hydrogen-bond acceptors (Lipinski definition) is 11. The van der Waals surface area contributed by atoms with Gasteiger partial charge >= 0.3 is 11.9 Å². The number of halogens is 1. The molecule has 1 aliphatic heterocycles. The maximum atomic E-state index is 12.7. The molecule has 1 saturated carbocycles. The quantitative estimate of drug-likeness (QED) is 0.0892. The van der Waals surface area contributed by atoms with Gasteiger partial charge in [-0.1, -0.05) is 55.5 Å².